The monoisotopic (exact) mass is 531 g/mol. The van der Waals surface area contributed by atoms with Crippen LogP contribution in [0.2, 0.25) is 0 Å². The second-order valence-electron chi connectivity index (χ2n) is 7.51. The van der Waals surface area contributed by atoms with E-state index in [9.17, 15) is 9.59 Å². The van der Waals surface area contributed by atoms with Crippen LogP contribution in [0.15, 0.2) is 91.6 Å². The number of halogens is 1. The van der Waals surface area contributed by atoms with Crippen molar-refractivity contribution in [3.05, 3.63) is 93.2 Å². The molecule has 0 saturated carbocycles. The molecule has 0 aliphatic carbocycles. The van der Waals surface area contributed by atoms with Gasteiger partial charge < -0.3 is 13.9 Å². The van der Waals surface area contributed by atoms with E-state index in [1.807, 2.05) is 30.3 Å². The van der Waals surface area contributed by atoms with E-state index in [1.54, 1.807) is 42.5 Å². The first-order chi connectivity index (χ1) is 17.0. The molecule has 2 aromatic heterocycles. The fraction of sp³-hybridized carbons (Fsp3) is 0.0769. The lowest BCUT2D eigenvalue weighted by atomic mass is 10.2. The first-order valence-electron chi connectivity index (χ1n) is 10.6. The van der Waals surface area contributed by atoms with Gasteiger partial charge in [-0.2, -0.15) is 9.78 Å². The number of carbonyl (C=O) groups excluding carboxylic acids is 1. The SMILES string of the molecule is COC(=O)COc1ccccc1C=Nn1c(-c2cc3cc(Br)ccc3o2)nc2ccccc2c1=O. The van der Waals surface area contributed by atoms with E-state index >= 15 is 0 Å². The molecule has 9 heteroatoms. The molecule has 5 rings (SSSR count). The molecule has 0 spiro atoms. The molecular weight excluding hydrogens is 514 g/mol. The minimum Gasteiger partial charge on any atom is -0.481 e. The van der Waals surface area contributed by atoms with Crippen LogP contribution < -0.4 is 10.3 Å². The molecule has 0 radical (unpaired) electrons. The van der Waals surface area contributed by atoms with E-state index in [4.69, 9.17) is 9.15 Å². The zero-order valence-corrected chi connectivity index (χ0v) is 20.1. The molecule has 0 fully saturated rings. The van der Waals surface area contributed by atoms with Crippen LogP contribution in [0.5, 0.6) is 5.75 Å². The zero-order valence-electron chi connectivity index (χ0n) is 18.5. The molecular formula is C26H18BrN3O5. The van der Waals surface area contributed by atoms with Gasteiger partial charge in [0, 0.05) is 15.4 Å². The number of methoxy groups -OCH3 is 1. The van der Waals surface area contributed by atoms with Crippen LogP contribution in [0.3, 0.4) is 0 Å². The van der Waals surface area contributed by atoms with Crippen LogP contribution in [-0.2, 0) is 9.53 Å². The van der Waals surface area contributed by atoms with E-state index in [1.165, 1.54) is 18.0 Å². The molecule has 0 atom stereocenters. The number of hydrogen-bond acceptors (Lipinski definition) is 7. The number of ether oxygens (including phenoxy) is 2. The van der Waals surface area contributed by atoms with Crippen LogP contribution in [0, 0.1) is 0 Å². The predicted molar refractivity (Wildman–Crippen MR) is 136 cm³/mol. The van der Waals surface area contributed by atoms with Gasteiger partial charge in [-0.15, -0.1) is 0 Å². The van der Waals surface area contributed by atoms with Crippen molar-refractivity contribution in [1.82, 2.24) is 9.66 Å². The normalized spacial score (nSPS) is 11.4. The fourth-order valence-electron chi connectivity index (χ4n) is 3.55. The lowest BCUT2D eigenvalue weighted by Crippen LogP contribution is -2.20. The summed E-state index contributed by atoms with van der Waals surface area (Å²) in [6, 6.07) is 21.5. The molecule has 0 aliphatic heterocycles. The molecule has 174 valence electrons. The molecule has 0 amide bonds. The number of esters is 1. The van der Waals surface area contributed by atoms with Gasteiger partial charge in [0.1, 0.15) is 11.3 Å². The maximum atomic E-state index is 13.4. The van der Waals surface area contributed by atoms with Gasteiger partial charge in [-0.3, -0.25) is 4.79 Å². The molecule has 0 aliphatic rings. The van der Waals surface area contributed by atoms with Crippen molar-refractivity contribution in [3.63, 3.8) is 0 Å². The topological polar surface area (TPSA) is 95.9 Å². The van der Waals surface area contributed by atoms with Gasteiger partial charge in [0.05, 0.1) is 24.2 Å². The van der Waals surface area contributed by atoms with Gasteiger partial charge in [0.25, 0.3) is 5.56 Å². The molecule has 3 aromatic carbocycles. The molecule has 0 N–H and O–H groups in total. The highest BCUT2D eigenvalue weighted by molar-refractivity contribution is 9.10. The van der Waals surface area contributed by atoms with Crippen molar-refractivity contribution >= 4 is 50.0 Å². The maximum Gasteiger partial charge on any atom is 0.343 e. The van der Waals surface area contributed by atoms with Gasteiger partial charge in [-0.1, -0.05) is 40.2 Å². The Balaban J connectivity index is 1.64. The van der Waals surface area contributed by atoms with Crippen molar-refractivity contribution in [1.29, 1.82) is 0 Å². The quantitative estimate of drug-likeness (QED) is 0.226. The summed E-state index contributed by atoms with van der Waals surface area (Å²) in [5.74, 6) is 0.558. The minimum absolute atomic E-state index is 0.251. The molecule has 0 unspecified atom stereocenters. The summed E-state index contributed by atoms with van der Waals surface area (Å²) in [7, 11) is 1.29. The van der Waals surface area contributed by atoms with Crippen molar-refractivity contribution in [2.24, 2.45) is 5.10 Å². The Kier molecular flexibility index (Phi) is 6.15. The number of para-hydroxylation sites is 2. The minimum atomic E-state index is -0.509. The number of furan rings is 1. The lowest BCUT2D eigenvalue weighted by molar-refractivity contribution is -0.142. The summed E-state index contributed by atoms with van der Waals surface area (Å²) >= 11 is 3.46. The van der Waals surface area contributed by atoms with Crippen LogP contribution >= 0.6 is 15.9 Å². The fourth-order valence-corrected chi connectivity index (χ4v) is 3.93. The van der Waals surface area contributed by atoms with Gasteiger partial charge in [0.15, 0.2) is 12.4 Å². The second-order valence-corrected chi connectivity index (χ2v) is 8.43. The largest absolute Gasteiger partial charge is 0.481 e. The number of carbonyl (C=O) groups is 1. The van der Waals surface area contributed by atoms with Crippen molar-refractivity contribution in [2.45, 2.75) is 0 Å². The Morgan fingerprint density at radius 3 is 2.77 bits per heavy atom. The molecule has 2 heterocycles. The summed E-state index contributed by atoms with van der Waals surface area (Å²) in [5, 5.41) is 5.72. The van der Waals surface area contributed by atoms with Crippen molar-refractivity contribution < 1.29 is 18.7 Å². The van der Waals surface area contributed by atoms with Gasteiger partial charge in [-0.05, 0) is 48.5 Å². The Morgan fingerprint density at radius 2 is 1.91 bits per heavy atom. The number of aromatic nitrogens is 2. The lowest BCUT2D eigenvalue weighted by Gasteiger charge is -2.09. The average Bonchev–Trinajstić information content (AvgIpc) is 3.30. The van der Waals surface area contributed by atoms with Gasteiger partial charge in [0.2, 0.25) is 5.82 Å². The second kappa shape index (κ2) is 9.55. The highest BCUT2D eigenvalue weighted by Gasteiger charge is 2.17. The number of nitrogens with zero attached hydrogens (tertiary/aromatic N) is 3. The molecule has 35 heavy (non-hydrogen) atoms. The molecule has 8 nitrogen and oxygen atoms in total. The maximum absolute atomic E-state index is 13.4. The summed E-state index contributed by atoms with van der Waals surface area (Å²) in [5.41, 5.74) is 1.40. The first kappa shape index (κ1) is 22.5. The number of fused-ring (bicyclic) bond motifs is 2. The average molecular weight is 532 g/mol. The third-order valence-electron chi connectivity index (χ3n) is 5.26. The van der Waals surface area contributed by atoms with E-state index in [0.29, 0.717) is 33.6 Å². The Bertz CT molecular complexity index is 1650. The Hall–Kier alpha value is -4.24. The summed E-state index contributed by atoms with van der Waals surface area (Å²) in [6.07, 6.45) is 1.48. The van der Waals surface area contributed by atoms with Crippen LogP contribution in [-0.4, -0.2) is 35.6 Å². The first-order valence-corrected chi connectivity index (χ1v) is 11.4. The number of rotatable bonds is 6. The Labute approximate surface area is 207 Å². The molecule has 0 saturated heterocycles. The highest BCUT2D eigenvalue weighted by Crippen LogP contribution is 2.29. The summed E-state index contributed by atoms with van der Waals surface area (Å²) in [6.45, 7) is -0.251. The van der Waals surface area contributed by atoms with Crippen LogP contribution in [0.1, 0.15) is 5.56 Å². The van der Waals surface area contributed by atoms with E-state index in [-0.39, 0.29) is 18.0 Å². The smallest absolute Gasteiger partial charge is 0.343 e. The van der Waals surface area contributed by atoms with Crippen molar-refractivity contribution in [3.8, 4) is 17.3 Å². The van der Waals surface area contributed by atoms with Gasteiger partial charge >= 0.3 is 5.97 Å². The third-order valence-corrected chi connectivity index (χ3v) is 5.75. The molecule has 5 aromatic rings. The standard InChI is InChI=1S/C26H18BrN3O5/c1-33-24(31)15-34-21-9-5-2-6-16(21)14-28-30-25(29-20-8-4-3-7-19(20)26(30)32)23-13-17-12-18(27)10-11-22(17)35-23/h2-14H,15H2,1H3. The van der Waals surface area contributed by atoms with E-state index < -0.39 is 5.97 Å². The third kappa shape index (κ3) is 4.58. The van der Waals surface area contributed by atoms with Gasteiger partial charge in [-0.25, -0.2) is 9.78 Å². The number of benzene rings is 3. The Morgan fingerprint density at radius 1 is 1.11 bits per heavy atom. The van der Waals surface area contributed by atoms with Crippen LogP contribution in [0.25, 0.3) is 33.5 Å². The highest BCUT2D eigenvalue weighted by atomic mass is 79.9. The summed E-state index contributed by atoms with van der Waals surface area (Å²) < 4.78 is 18.3. The van der Waals surface area contributed by atoms with Crippen LogP contribution in [0.4, 0.5) is 0 Å². The predicted octanol–water partition coefficient (Wildman–Crippen LogP) is 5.01. The summed E-state index contributed by atoms with van der Waals surface area (Å²) in [4.78, 5) is 29.6. The van der Waals surface area contributed by atoms with E-state index in [2.05, 4.69) is 30.8 Å². The van der Waals surface area contributed by atoms with Crippen molar-refractivity contribution in [2.75, 3.05) is 13.7 Å². The molecule has 0 bridgehead atoms. The van der Waals surface area contributed by atoms with E-state index in [0.717, 1.165) is 9.86 Å². The number of hydrogen-bond donors (Lipinski definition) is 0. The zero-order chi connectivity index (χ0) is 24.4.